The zero-order valence-corrected chi connectivity index (χ0v) is 12.3. The maximum absolute atomic E-state index is 6.16. The Morgan fingerprint density at radius 1 is 1.14 bits per heavy atom. The number of rotatable bonds is 1. The molecule has 0 aromatic rings. The molecular formula is C11H11ClSiZr. The Hall–Kier alpha value is 0.350. The van der Waals surface area contributed by atoms with Gasteiger partial charge in [-0.25, -0.2) is 0 Å². The molecule has 3 aliphatic rings. The molecule has 70 valence electrons. The zero-order chi connectivity index (χ0) is 9.54. The van der Waals surface area contributed by atoms with Crippen LogP contribution in [-0.2, 0) is 23.2 Å². The van der Waals surface area contributed by atoms with E-state index in [1.165, 1.54) is 12.8 Å². The first kappa shape index (κ1) is 9.57. The van der Waals surface area contributed by atoms with E-state index >= 15 is 0 Å². The molecule has 14 heavy (non-hydrogen) atoms. The molecule has 1 heterocycles. The summed E-state index contributed by atoms with van der Waals surface area (Å²) in [5.41, 5.74) is 0.895. The van der Waals surface area contributed by atoms with E-state index in [-0.39, 0.29) is 23.2 Å². The molecule has 0 aromatic heterocycles. The second kappa shape index (κ2) is 3.73. The number of halogens is 1. The van der Waals surface area contributed by atoms with Crippen molar-refractivity contribution in [3.63, 3.8) is 0 Å². The fraction of sp³-hybridized carbons (Fsp3) is 0.273. The molecule has 0 aromatic carbocycles. The Morgan fingerprint density at radius 3 is 2.21 bits per heavy atom. The summed E-state index contributed by atoms with van der Waals surface area (Å²) in [6.45, 7) is 0. The van der Waals surface area contributed by atoms with Gasteiger partial charge in [-0.15, -0.1) is 0 Å². The summed E-state index contributed by atoms with van der Waals surface area (Å²) in [7, 11) is -0.932. The van der Waals surface area contributed by atoms with Crippen molar-refractivity contribution in [1.82, 2.24) is 0 Å². The van der Waals surface area contributed by atoms with Crippen molar-refractivity contribution < 1.29 is 23.2 Å². The minimum absolute atomic E-state index is 0.354. The van der Waals surface area contributed by atoms with E-state index in [4.69, 9.17) is 11.6 Å². The molecule has 3 rings (SSSR count). The van der Waals surface area contributed by atoms with Crippen molar-refractivity contribution >= 4 is 20.4 Å². The summed E-state index contributed by atoms with van der Waals surface area (Å²) in [6.07, 6.45) is 12.0. The van der Waals surface area contributed by atoms with Gasteiger partial charge in [0.2, 0.25) is 0 Å². The molecule has 0 atom stereocenters. The van der Waals surface area contributed by atoms with E-state index in [1.807, 2.05) is 6.56 Å². The van der Waals surface area contributed by atoms with Crippen LogP contribution in [-0.4, -0.2) is 14.3 Å². The molecule has 0 saturated carbocycles. The predicted octanol–water partition coefficient (Wildman–Crippen LogP) is 2.59. The van der Waals surface area contributed by atoms with Crippen molar-refractivity contribution in [1.29, 1.82) is 0 Å². The van der Waals surface area contributed by atoms with Crippen LogP contribution in [0.5, 0.6) is 0 Å². The topological polar surface area (TPSA) is 0 Å². The Kier molecular flexibility index (Phi) is 2.55. The number of hydrogen-bond acceptors (Lipinski definition) is 0. The Morgan fingerprint density at radius 2 is 1.71 bits per heavy atom. The quantitative estimate of drug-likeness (QED) is 0.515. The van der Waals surface area contributed by atoms with Gasteiger partial charge in [-0.2, -0.15) is 0 Å². The summed E-state index contributed by atoms with van der Waals surface area (Å²) in [5.74, 6) is 0. The fourth-order valence-electron chi connectivity index (χ4n) is 2.46. The zero-order valence-electron chi connectivity index (χ0n) is 7.89. The van der Waals surface area contributed by atoms with Crippen LogP contribution in [0.1, 0.15) is 12.8 Å². The van der Waals surface area contributed by atoms with Crippen LogP contribution in [0.2, 0.25) is 0 Å². The normalized spacial score (nSPS) is 24.4. The molecule has 2 aliphatic carbocycles. The standard InChI is InChI=1S/C11H11ClSi.Zr/c12-9-13(10-5-1-2-6-10)11-7-3-4-8-11;/h1,3,5,7,13H,2,4,9H2;. The van der Waals surface area contributed by atoms with E-state index in [1.54, 1.807) is 10.4 Å². The third kappa shape index (κ3) is 1.35. The van der Waals surface area contributed by atoms with Gasteiger partial charge in [0, 0.05) is 0 Å². The molecule has 1 aliphatic heterocycles. The molecule has 0 amide bonds. The molecule has 0 spiro atoms. The summed E-state index contributed by atoms with van der Waals surface area (Å²) >= 11 is 5.80. The van der Waals surface area contributed by atoms with Crippen molar-refractivity contribution in [3.8, 4) is 0 Å². The van der Waals surface area contributed by atoms with Crippen LogP contribution < -0.4 is 0 Å². The summed E-state index contributed by atoms with van der Waals surface area (Å²) < 4.78 is 3.68. The van der Waals surface area contributed by atoms with E-state index in [2.05, 4.69) is 24.3 Å². The minimum atomic E-state index is -0.932. The number of hydrogen-bond donors (Lipinski definition) is 0. The van der Waals surface area contributed by atoms with Gasteiger partial charge in [-0.05, 0) is 0 Å². The van der Waals surface area contributed by atoms with Crippen LogP contribution in [0.3, 0.4) is 0 Å². The molecule has 0 unspecified atom stereocenters. The molecule has 0 fully saturated rings. The third-order valence-corrected chi connectivity index (χ3v) is 12.3. The second-order valence-corrected chi connectivity index (χ2v) is 11.1. The first-order valence-electron chi connectivity index (χ1n) is 5.02. The molecule has 0 bridgehead atoms. The molecule has 0 saturated heterocycles. The van der Waals surface area contributed by atoms with Crippen molar-refractivity contribution in [3.05, 3.63) is 41.3 Å². The predicted molar refractivity (Wildman–Crippen MR) is 59.4 cm³/mol. The Balaban J connectivity index is 2.04. The molecule has 0 N–H and O–H groups in total. The first-order valence-corrected chi connectivity index (χ1v) is 9.98. The van der Waals surface area contributed by atoms with Crippen LogP contribution in [0.4, 0.5) is 0 Å². The third-order valence-electron chi connectivity index (χ3n) is 3.14. The van der Waals surface area contributed by atoms with E-state index in [0.29, 0.717) is 0 Å². The Labute approximate surface area is 103 Å². The maximum atomic E-state index is 6.16. The van der Waals surface area contributed by atoms with Gasteiger partial charge >= 0.3 is 103 Å². The van der Waals surface area contributed by atoms with Crippen LogP contribution in [0.15, 0.2) is 41.3 Å². The van der Waals surface area contributed by atoms with Gasteiger partial charge in [-0.1, -0.05) is 0 Å². The van der Waals surface area contributed by atoms with Gasteiger partial charge < -0.3 is 0 Å². The van der Waals surface area contributed by atoms with Crippen molar-refractivity contribution in [2.45, 2.75) is 12.8 Å². The molecule has 0 radical (unpaired) electrons. The van der Waals surface area contributed by atoms with Gasteiger partial charge in [0.1, 0.15) is 0 Å². The van der Waals surface area contributed by atoms with Crippen LogP contribution in [0, 0.1) is 0 Å². The fourth-order valence-corrected chi connectivity index (χ4v) is 12.5. The van der Waals surface area contributed by atoms with Gasteiger partial charge in [-0.3, -0.25) is 0 Å². The number of allylic oxidation sites excluding steroid dienone is 8. The van der Waals surface area contributed by atoms with Gasteiger partial charge in [0.05, 0.1) is 0 Å². The summed E-state index contributed by atoms with van der Waals surface area (Å²) in [4.78, 5) is 0. The molecule has 0 nitrogen and oxygen atoms in total. The summed E-state index contributed by atoms with van der Waals surface area (Å²) in [5, 5.41) is 3.44. The molecule has 3 heteroatoms. The van der Waals surface area contributed by atoms with E-state index in [9.17, 15) is 0 Å². The van der Waals surface area contributed by atoms with Crippen molar-refractivity contribution in [2.24, 2.45) is 0 Å². The van der Waals surface area contributed by atoms with Crippen LogP contribution >= 0.6 is 11.6 Å². The van der Waals surface area contributed by atoms with Gasteiger partial charge in [0.15, 0.2) is 0 Å². The second-order valence-electron chi connectivity index (χ2n) is 3.91. The summed E-state index contributed by atoms with van der Waals surface area (Å²) in [6, 6.07) is 0. The van der Waals surface area contributed by atoms with E-state index < -0.39 is 8.80 Å². The molecular weight excluding hydrogens is 287 g/mol. The first-order chi connectivity index (χ1) is 6.90. The monoisotopic (exact) mass is 296 g/mol. The van der Waals surface area contributed by atoms with Crippen LogP contribution in [0.25, 0.3) is 0 Å². The Bertz CT molecular complexity index is 368. The van der Waals surface area contributed by atoms with E-state index in [0.717, 1.165) is 5.50 Å². The average molecular weight is 298 g/mol. The van der Waals surface area contributed by atoms with Crippen molar-refractivity contribution in [2.75, 3.05) is 5.50 Å². The van der Waals surface area contributed by atoms with Gasteiger partial charge in [0.25, 0.3) is 0 Å². The number of alkyl halides is 1. The average Bonchev–Trinajstić information content (AvgIpc) is 2.80. The SMILES string of the molecule is ClC[SiH]1C2=[C](CC=C2)[Zr][C]2=C1C=CC2.